The highest BCUT2D eigenvalue weighted by Crippen LogP contribution is 2.34. The molecule has 0 radical (unpaired) electrons. The summed E-state index contributed by atoms with van der Waals surface area (Å²) in [4.78, 5) is 35.6. The van der Waals surface area contributed by atoms with E-state index in [2.05, 4.69) is 37.2 Å². The predicted octanol–water partition coefficient (Wildman–Crippen LogP) is 5.92. The highest BCUT2D eigenvalue weighted by Gasteiger charge is 2.21. The number of hydrogen-bond donors (Lipinski definition) is 1. The Morgan fingerprint density at radius 1 is 1.06 bits per heavy atom. The van der Waals surface area contributed by atoms with Gasteiger partial charge in [-0.05, 0) is 58.4 Å². The molecule has 3 aromatic rings. The monoisotopic (exact) mass is 566 g/mol. The molecule has 3 rings (SSSR count). The van der Waals surface area contributed by atoms with Crippen LogP contribution in [0, 0.1) is 10.1 Å². The Morgan fingerprint density at radius 3 is 2.42 bits per heavy atom. The van der Waals surface area contributed by atoms with Crippen LogP contribution >= 0.6 is 43.5 Å². The number of nitro benzene ring substituents is 1. The van der Waals surface area contributed by atoms with Crippen molar-refractivity contribution in [3.63, 3.8) is 0 Å². The zero-order valence-electron chi connectivity index (χ0n) is 15.6. The zero-order chi connectivity index (χ0) is 22.5. The Balaban J connectivity index is 1.83. The van der Waals surface area contributed by atoms with Crippen molar-refractivity contribution >= 4 is 61.0 Å². The van der Waals surface area contributed by atoms with E-state index in [9.17, 15) is 19.7 Å². The van der Waals surface area contributed by atoms with E-state index in [1.807, 2.05) is 0 Å². The van der Waals surface area contributed by atoms with Gasteiger partial charge < -0.3 is 10.1 Å². The standard InChI is InChI=1S/C21H13Br2ClN2O5/c22-14-9-13(11-25-20(27)16-3-1-2-4-18(16)26(29)30)19(17(23)10-14)31-21(28)12-5-7-15(24)8-6-12/h1-10H,11H2,(H,25,27). The van der Waals surface area contributed by atoms with E-state index in [1.165, 1.54) is 36.4 Å². The second-order valence-corrected chi connectivity index (χ2v) is 8.44. The molecule has 7 nitrogen and oxygen atoms in total. The SMILES string of the molecule is O=C(Oc1c(Br)cc(Br)cc1CNC(=O)c1ccccc1[N+](=O)[O-])c1ccc(Cl)cc1. The summed E-state index contributed by atoms with van der Waals surface area (Å²) in [5.41, 5.74) is 0.413. The van der Waals surface area contributed by atoms with Crippen LogP contribution in [0.2, 0.25) is 5.02 Å². The van der Waals surface area contributed by atoms with Gasteiger partial charge in [0.05, 0.1) is 15.0 Å². The van der Waals surface area contributed by atoms with Crippen LogP contribution in [0.3, 0.4) is 0 Å². The molecule has 0 heterocycles. The van der Waals surface area contributed by atoms with Gasteiger partial charge in [-0.3, -0.25) is 14.9 Å². The van der Waals surface area contributed by atoms with E-state index in [0.29, 0.717) is 25.1 Å². The van der Waals surface area contributed by atoms with Crippen LogP contribution in [-0.4, -0.2) is 16.8 Å². The van der Waals surface area contributed by atoms with E-state index in [0.717, 1.165) is 0 Å². The molecule has 0 saturated carbocycles. The maximum Gasteiger partial charge on any atom is 0.343 e. The fourth-order valence-electron chi connectivity index (χ4n) is 2.69. The van der Waals surface area contributed by atoms with Gasteiger partial charge in [0, 0.05) is 27.7 Å². The maximum atomic E-state index is 12.5. The van der Waals surface area contributed by atoms with E-state index >= 15 is 0 Å². The number of amides is 1. The van der Waals surface area contributed by atoms with Gasteiger partial charge in [0.1, 0.15) is 11.3 Å². The van der Waals surface area contributed by atoms with E-state index in [1.54, 1.807) is 24.3 Å². The van der Waals surface area contributed by atoms with Crippen molar-refractivity contribution in [2.75, 3.05) is 0 Å². The summed E-state index contributed by atoms with van der Waals surface area (Å²) in [6, 6.07) is 15.2. The molecule has 0 atom stereocenters. The van der Waals surface area contributed by atoms with Gasteiger partial charge in [0.2, 0.25) is 0 Å². The van der Waals surface area contributed by atoms with Crippen LogP contribution in [0.15, 0.2) is 69.6 Å². The Kier molecular flexibility index (Phi) is 7.42. The summed E-state index contributed by atoms with van der Waals surface area (Å²) in [5, 5.41) is 14.3. The fourth-order valence-corrected chi connectivity index (χ4v) is 4.21. The lowest BCUT2D eigenvalue weighted by Crippen LogP contribution is -2.24. The normalized spacial score (nSPS) is 10.4. The summed E-state index contributed by atoms with van der Waals surface area (Å²) in [6.07, 6.45) is 0. The number of ether oxygens (including phenoxy) is 1. The molecule has 1 N–H and O–H groups in total. The molecule has 0 unspecified atom stereocenters. The highest BCUT2D eigenvalue weighted by molar-refractivity contribution is 9.11. The van der Waals surface area contributed by atoms with Crippen molar-refractivity contribution < 1.29 is 19.2 Å². The molecule has 0 aliphatic heterocycles. The molecule has 0 saturated heterocycles. The lowest BCUT2D eigenvalue weighted by molar-refractivity contribution is -0.385. The largest absolute Gasteiger partial charge is 0.421 e. The van der Waals surface area contributed by atoms with Gasteiger partial charge in [-0.1, -0.05) is 39.7 Å². The van der Waals surface area contributed by atoms with Gasteiger partial charge in [0.15, 0.2) is 0 Å². The van der Waals surface area contributed by atoms with Crippen molar-refractivity contribution in [2.24, 2.45) is 0 Å². The molecule has 10 heteroatoms. The molecule has 0 spiro atoms. The lowest BCUT2D eigenvalue weighted by Gasteiger charge is -2.14. The summed E-state index contributed by atoms with van der Waals surface area (Å²) in [5.74, 6) is -1.02. The molecule has 0 fully saturated rings. The molecule has 0 aliphatic rings. The summed E-state index contributed by atoms with van der Waals surface area (Å²) < 4.78 is 6.71. The van der Waals surface area contributed by atoms with Crippen LogP contribution in [0.1, 0.15) is 26.3 Å². The molecule has 0 bridgehead atoms. The molecular formula is C21H13Br2ClN2O5. The average Bonchev–Trinajstić information content (AvgIpc) is 2.74. The summed E-state index contributed by atoms with van der Waals surface area (Å²) in [6.45, 7) is -0.0356. The Morgan fingerprint density at radius 2 is 1.74 bits per heavy atom. The number of hydrogen-bond acceptors (Lipinski definition) is 5. The minimum Gasteiger partial charge on any atom is -0.421 e. The van der Waals surface area contributed by atoms with Gasteiger partial charge in [-0.15, -0.1) is 0 Å². The number of carbonyl (C=O) groups is 2. The Hall–Kier alpha value is -2.75. The van der Waals surface area contributed by atoms with E-state index in [-0.39, 0.29) is 23.5 Å². The highest BCUT2D eigenvalue weighted by atomic mass is 79.9. The molecule has 1 amide bonds. The summed E-state index contributed by atoms with van der Waals surface area (Å²) >= 11 is 12.6. The topological polar surface area (TPSA) is 98.5 Å². The van der Waals surface area contributed by atoms with Gasteiger partial charge in [-0.25, -0.2) is 4.79 Å². The number of nitrogens with zero attached hydrogens (tertiary/aromatic N) is 1. The van der Waals surface area contributed by atoms with Crippen LogP contribution in [0.5, 0.6) is 5.75 Å². The molecular weight excluding hydrogens is 556 g/mol. The first-order valence-corrected chi connectivity index (χ1v) is 10.7. The van der Waals surface area contributed by atoms with E-state index in [4.69, 9.17) is 16.3 Å². The quantitative estimate of drug-likeness (QED) is 0.172. The first-order chi connectivity index (χ1) is 14.8. The lowest BCUT2D eigenvalue weighted by atomic mass is 10.1. The first kappa shape index (κ1) is 22.9. The third kappa shape index (κ3) is 5.69. The average molecular weight is 569 g/mol. The molecule has 0 aromatic heterocycles. The fraction of sp³-hybridized carbons (Fsp3) is 0.0476. The first-order valence-electron chi connectivity index (χ1n) is 8.73. The van der Waals surface area contributed by atoms with Crippen molar-refractivity contribution in [3.8, 4) is 5.75 Å². The van der Waals surface area contributed by atoms with Crippen molar-refractivity contribution in [2.45, 2.75) is 6.54 Å². The number of rotatable bonds is 6. The minimum absolute atomic E-state index is 0.0356. The van der Waals surface area contributed by atoms with Gasteiger partial charge in [0.25, 0.3) is 11.6 Å². The molecule has 31 heavy (non-hydrogen) atoms. The molecule has 0 aliphatic carbocycles. The molecule has 158 valence electrons. The van der Waals surface area contributed by atoms with Gasteiger partial charge in [-0.2, -0.15) is 0 Å². The number of benzene rings is 3. The number of esters is 1. The molecule has 3 aromatic carbocycles. The maximum absolute atomic E-state index is 12.5. The van der Waals surface area contributed by atoms with E-state index < -0.39 is 16.8 Å². The Labute approximate surface area is 198 Å². The third-order valence-electron chi connectivity index (χ3n) is 4.14. The minimum atomic E-state index is -0.627. The van der Waals surface area contributed by atoms with Crippen LogP contribution in [0.25, 0.3) is 0 Å². The number of para-hydroxylation sites is 1. The second kappa shape index (κ2) is 10.0. The Bertz CT molecular complexity index is 1170. The predicted molar refractivity (Wildman–Crippen MR) is 123 cm³/mol. The van der Waals surface area contributed by atoms with Crippen LogP contribution in [-0.2, 0) is 6.54 Å². The van der Waals surface area contributed by atoms with Crippen LogP contribution < -0.4 is 10.1 Å². The van der Waals surface area contributed by atoms with Crippen LogP contribution in [0.4, 0.5) is 5.69 Å². The smallest absolute Gasteiger partial charge is 0.343 e. The number of nitrogens with one attached hydrogen (secondary N) is 1. The van der Waals surface area contributed by atoms with Crippen molar-refractivity contribution in [1.29, 1.82) is 0 Å². The van der Waals surface area contributed by atoms with Crippen molar-refractivity contribution in [1.82, 2.24) is 5.32 Å². The number of carbonyl (C=O) groups excluding carboxylic acids is 2. The second-order valence-electron chi connectivity index (χ2n) is 6.23. The number of nitro groups is 1. The van der Waals surface area contributed by atoms with Gasteiger partial charge >= 0.3 is 5.97 Å². The van der Waals surface area contributed by atoms with Crippen molar-refractivity contribution in [3.05, 3.63) is 101 Å². The zero-order valence-corrected chi connectivity index (χ0v) is 19.5. The summed E-state index contributed by atoms with van der Waals surface area (Å²) in [7, 11) is 0. The number of halogens is 3. The third-order valence-corrected chi connectivity index (χ3v) is 5.44.